The standard InChI is InChI=1S/C7H9N3O4/c1-2-3-5-4-6(7(11)12)8-9(5)10(13)14/h4H,2-3H2,1H3,(H,11,12). The predicted octanol–water partition coefficient (Wildman–Crippen LogP) is 0.574. The normalized spacial score (nSPS) is 10.1. The van der Waals surface area contributed by atoms with Gasteiger partial charge in [-0.25, -0.2) is 4.79 Å². The summed E-state index contributed by atoms with van der Waals surface area (Å²) in [6.07, 6.45) is 1.12. The van der Waals surface area contributed by atoms with Gasteiger partial charge in [0.25, 0.3) is 5.69 Å². The number of hydrogen-bond donors (Lipinski definition) is 1. The molecular weight excluding hydrogens is 190 g/mol. The lowest BCUT2D eigenvalue weighted by molar-refractivity contribution is -0.554. The fourth-order valence-corrected chi connectivity index (χ4v) is 1.08. The molecule has 0 amide bonds. The molecule has 7 nitrogen and oxygen atoms in total. The van der Waals surface area contributed by atoms with Crippen molar-refractivity contribution in [3.63, 3.8) is 0 Å². The van der Waals surface area contributed by atoms with Gasteiger partial charge in [0.1, 0.15) is 5.69 Å². The molecule has 0 aliphatic carbocycles. The van der Waals surface area contributed by atoms with Crippen molar-refractivity contribution < 1.29 is 14.9 Å². The minimum absolute atomic E-state index is 0.301. The number of hydrogen-bond acceptors (Lipinski definition) is 4. The Morgan fingerprint density at radius 2 is 2.43 bits per heavy atom. The molecule has 0 radical (unpaired) electrons. The van der Waals surface area contributed by atoms with Crippen LogP contribution in [-0.4, -0.2) is 26.0 Å². The van der Waals surface area contributed by atoms with Crippen LogP contribution < -0.4 is 0 Å². The van der Waals surface area contributed by atoms with E-state index in [9.17, 15) is 14.9 Å². The number of aromatic nitrogens is 2. The van der Waals surface area contributed by atoms with Crippen molar-refractivity contribution in [1.29, 1.82) is 0 Å². The van der Waals surface area contributed by atoms with Crippen LogP contribution in [0.3, 0.4) is 0 Å². The van der Waals surface area contributed by atoms with Crippen LogP contribution in [0.1, 0.15) is 29.5 Å². The van der Waals surface area contributed by atoms with Crippen molar-refractivity contribution in [1.82, 2.24) is 9.89 Å². The number of carboxylic acid groups (broad SMARTS) is 1. The fourth-order valence-electron chi connectivity index (χ4n) is 1.08. The van der Waals surface area contributed by atoms with E-state index in [-0.39, 0.29) is 5.69 Å². The highest BCUT2D eigenvalue weighted by molar-refractivity contribution is 5.85. The van der Waals surface area contributed by atoms with Gasteiger partial charge in [0.15, 0.2) is 0 Å². The summed E-state index contributed by atoms with van der Waals surface area (Å²) < 4.78 is 0. The van der Waals surface area contributed by atoms with Crippen molar-refractivity contribution in [2.45, 2.75) is 19.8 Å². The topological polar surface area (TPSA) is 98.3 Å². The Morgan fingerprint density at radius 1 is 1.79 bits per heavy atom. The predicted molar refractivity (Wildman–Crippen MR) is 45.6 cm³/mol. The first kappa shape index (κ1) is 10.2. The Bertz CT molecular complexity index is 371. The van der Waals surface area contributed by atoms with Crippen LogP contribution in [0, 0.1) is 10.1 Å². The van der Waals surface area contributed by atoms with Gasteiger partial charge in [-0.3, -0.25) is 0 Å². The first-order valence-electron chi connectivity index (χ1n) is 4.03. The van der Waals surface area contributed by atoms with E-state index in [1.165, 1.54) is 6.07 Å². The van der Waals surface area contributed by atoms with Gasteiger partial charge in [-0.1, -0.05) is 13.3 Å². The van der Waals surface area contributed by atoms with E-state index in [0.717, 1.165) is 0 Å². The third kappa shape index (κ3) is 1.87. The largest absolute Gasteiger partial charge is 0.475 e. The van der Waals surface area contributed by atoms with Gasteiger partial charge in [0, 0.05) is 10.9 Å². The molecule has 0 spiro atoms. The van der Waals surface area contributed by atoms with E-state index >= 15 is 0 Å². The zero-order valence-corrected chi connectivity index (χ0v) is 7.51. The van der Waals surface area contributed by atoms with Gasteiger partial charge in [-0.2, -0.15) is 0 Å². The molecule has 0 aliphatic heterocycles. The Kier molecular flexibility index (Phi) is 2.80. The van der Waals surface area contributed by atoms with Crippen LogP contribution in [0.4, 0.5) is 0 Å². The molecule has 0 saturated heterocycles. The van der Waals surface area contributed by atoms with Gasteiger partial charge < -0.3 is 15.2 Å². The van der Waals surface area contributed by atoms with E-state index in [2.05, 4.69) is 5.10 Å². The first-order valence-corrected chi connectivity index (χ1v) is 4.03. The highest BCUT2D eigenvalue weighted by atomic mass is 16.7. The summed E-state index contributed by atoms with van der Waals surface area (Å²) >= 11 is 0. The molecule has 0 unspecified atom stereocenters. The molecule has 1 rings (SSSR count). The maximum absolute atomic E-state index is 10.5. The minimum Gasteiger partial charge on any atom is -0.475 e. The second-order valence-electron chi connectivity index (χ2n) is 2.70. The number of carboxylic acids is 1. The van der Waals surface area contributed by atoms with Gasteiger partial charge in [-0.15, -0.1) is 0 Å². The maximum Gasteiger partial charge on any atom is 0.383 e. The molecule has 1 N–H and O–H groups in total. The Morgan fingerprint density at radius 3 is 2.86 bits per heavy atom. The molecule has 1 aromatic heterocycles. The lowest BCUT2D eigenvalue weighted by atomic mass is 10.2. The van der Waals surface area contributed by atoms with Crippen molar-refractivity contribution in [2.24, 2.45) is 0 Å². The number of nitrogens with zero attached hydrogens (tertiary/aromatic N) is 3. The summed E-state index contributed by atoms with van der Waals surface area (Å²) in [6, 6.07) is 1.22. The summed E-state index contributed by atoms with van der Waals surface area (Å²) in [5.41, 5.74) is 0.0000463. The van der Waals surface area contributed by atoms with Gasteiger partial charge in [-0.05, 0) is 6.42 Å². The van der Waals surface area contributed by atoms with Gasteiger partial charge in [0.2, 0.25) is 0 Å². The lowest BCUT2D eigenvalue weighted by Gasteiger charge is -1.95. The molecule has 0 saturated carbocycles. The Labute approximate surface area is 79.1 Å². The third-order valence-electron chi connectivity index (χ3n) is 1.64. The molecule has 0 aliphatic rings. The van der Waals surface area contributed by atoms with E-state index in [1.54, 1.807) is 0 Å². The number of carbonyl (C=O) groups is 1. The maximum atomic E-state index is 10.5. The molecule has 0 fully saturated rings. The summed E-state index contributed by atoms with van der Waals surface area (Å²) in [7, 11) is 0. The molecular formula is C7H9N3O4. The van der Waals surface area contributed by atoms with Crippen LogP contribution in [0.25, 0.3) is 0 Å². The molecule has 0 bridgehead atoms. The zero-order chi connectivity index (χ0) is 10.7. The third-order valence-corrected chi connectivity index (χ3v) is 1.64. The molecule has 0 aromatic carbocycles. The van der Waals surface area contributed by atoms with E-state index < -0.39 is 11.0 Å². The summed E-state index contributed by atoms with van der Waals surface area (Å²) in [6.45, 7) is 1.84. The second kappa shape index (κ2) is 3.86. The molecule has 76 valence electrons. The number of aromatic carboxylic acids is 1. The second-order valence-corrected chi connectivity index (χ2v) is 2.70. The number of rotatable bonds is 4. The smallest absolute Gasteiger partial charge is 0.383 e. The molecule has 0 atom stereocenters. The van der Waals surface area contributed by atoms with Crippen LogP contribution in [-0.2, 0) is 6.42 Å². The monoisotopic (exact) mass is 199 g/mol. The van der Waals surface area contributed by atoms with E-state index in [4.69, 9.17) is 5.11 Å². The van der Waals surface area contributed by atoms with Crippen LogP contribution in [0.15, 0.2) is 6.07 Å². The highest BCUT2D eigenvalue weighted by Gasteiger charge is 2.21. The number of nitro groups is 1. The Hall–Kier alpha value is -1.92. The molecule has 14 heavy (non-hydrogen) atoms. The van der Waals surface area contributed by atoms with Gasteiger partial charge >= 0.3 is 5.97 Å². The zero-order valence-electron chi connectivity index (χ0n) is 7.51. The minimum atomic E-state index is -1.26. The van der Waals surface area contributed by atoms with Crippen molar-refractivity contribution in [2.75, 3.05) is 0 Å². The summed E-state index contributed by atoms with van der Waals surface area (Å²) in [4.78, 5) is 21.4. The average Bonchev–Trinajstić information content (AvgIpc) is 2.49. The summed E-state index contributed by atoms with van der Waals surface area (Å²) in [5.74, 6) is -1.26. The van der Waals surface area contributed by atoms with Crippen molar-refractivity contribution in [3.8, 4) is 0 Å². The molecule has 1 heterocycles. The van der Waals surface area contributed by atoms with Crippen LogP contribution in [0.5, 0.6) is 0 Å². The average molecular weight is 199 g/mol. The fraction of sp³-hybridized carbons (Fsp3) is 0.429. The van der Waals surface area contributed by atoms with Crippen LogP contribution in [0.2, 0.25) is 0 Å². The van der Waals surface area contributed by atoms with Crippen LogP contribution >= 0.6 is 0 Å². The van der Waals surface area contributed by atoms with Gasteiger partial charge in [0.05, 0.1) is 10.1 Å². The summed E-state index contributed by atoms with van der Waals surface area (Å²) in [5, 5.41) is 21.6. The van der Waals surface area contributed by atoms with E-state index in [1.807, 2.05) is 6.92 Å². The quantitative estimate of drug-likeness (QED) is 0.564. The molecule has 1 aromatic rings. The molecule has 7 heteroatoms. The highest BCUT2D eigenvalue weighted by Crippen LogP contribution is 2.06. The van der Waals surface area contributed by atoms with Crippen molar-refractivity contribution in [3.05, 3.63) is 27.6 Å². The SMILES string of the molecule is CCCc1cc(C(=O)O)nn1[N+](=O)[O-]. The number of aryl methyl sites for hydroxylation is 1. The Balaban J connectivity index is 3.12. The van der Waals surface area contributed by atoms with E-state index in [0.29, 0.717) is 23.3 Å². The first-order chi connectivity index (χ1) is 6.56. The lowest BCUT2D eigenvalue weighted by Crippen LogP contribution is -2.14. The van der Waals surface area contributed by atoms with Crippen molar-refractivity contribution >= 4 is 5.97 Å².